The van der Waals surface area contributed by atoms with Gasteiger partial charge in [-0.1, -0.05) is 100 Å². The lowest BCUT2D eigenvalue weighted by atomic mass is 10.0. The van der Waals surface area contributed by atoms with E-state index in [2.05, 4.69) is 42.7 Å². The summed E-state index contributed by atoms with van der Waals surface area (Å²) in [6.07, 6.45) is 8.54. The number of rotatable bonds is 2. The number of aliphatic imine (C=N–C) groups is 1. The van der Waals surface area contributed by atoms with Crippen LogP contribution in [0.5, 0.6) is 0 Å². The first-order chi connectivity index (χ1) is 13.6. The number of aromatic amines is 1. The zero-order chi connectivity index (χ0) is 20.5. The smallest absolute Gasteiger partial charge is 0.0921 e. The van der Waals surface area contributed by atoms with Gasteiger partial charge in [-0.15, -0.1) is 0 Å². The molecular formula is C25H33N3. The Kier molecular flexibility index (Phi) is 12.5. The molecule has 28 heavy (non-hydrogen) atoms. The standard InChI is InChI=1S/C7H11N.C6H10N2.2C6H6/c1-6(2)7-3-4-8-5-7;1-5(2)6-3-7-4-8-6;2*1-2-4-6-5-3-1/h4-6H,3H2,1-2H3;3-5H,1-2H3,(H,7,8);2*1-6H. The molecule has 0 saturated carbocycles. The Morgan fingerprint density at radius 1 is 0.714 bits per heavy atom. The Morgan fingerprint density at radius 2 is 1.18 bits per heavy atom. The van der Waals surface area contributed by atoms with E-state index in [1.165, 1.54) is 11.3 Å². The molecule has 0 aliphatic carbocycles. The lowest BCUT2D eigenvalue weighted by molar-refractivity contribution is 0.759. The fourth-order valence-electron chi connectivity index (χ4n) is 2.10. The maximum Gasteiger partial charge on any atom is 0.0921 e. The van der Waals surface area contributed by atoms with Gasteiger partial charge in [-0.05, 0) is 17.4 Å². The van der Waals surface area contributed by atoms with Gasteiger partial charge in [0.25, 0.3) is 0 Å². The highest BCUT2D eigenvalue weighted by atomic mass is 14.9. The molecule has 1 aromatic heterocycles. The predicted octanol–water partition coefficient (Wildman–Crippen LogP) is 6.91. The van der Waals surface area contributed by atoms with E-state index in [1.807, 2.05) is 91.4 Å². The zero-order valence-corrected chi connectivity index (χ0v) is 17.5. The van der Waals surface area contributed by atoms with E-state index in [-0.39, 0.29) is 0 Å². The third-order valence-electron chi connectivity index (χ3n) is 3.89. The minimum absolute atomic E-state index is 0.567. The summed E-state index contributed by atoms with van der Waals surface area (Å²) in [5.41, 5.74) is 2.65. The van der Waals surface area contributed by atoms with E-state index < -0.39 is 0 Å². The van der Waals surface area contributed by atoms with Crippen LogP contribution in [0, 0.1) is 5.92 Å². The Balaban J connectivity index is 0.000000188. The Morgan fingerprint density at radius 3 is 1.36 bits per heavy atom. The third kappa shape index (κ3) is 11.6. The number of nitrogens with zero attached hydrogens (tertiary/aromatic N) is 2. The molecule has 3 heteroatoms. The van der Waals surface area contributed by atoms with E-state index in [9.17, 15) is 0 Å². The highest BCUT2D eigenvalue weighted by molar-refractivity contribution is 5.65. The second-order valence-electron chi connectivity index (χ2n) is 6.87. The molecular weight excluding hydrogens is 342 g/mol. The van der Waals surface area contributed by atoms with Gasteiger partial charge < -0.3 is 4.98 Å². The molecule has 0 spiro atoms. The van der Waals surface area contributed by atoms with Crippen molar-refractivity contribution in [2.75, 3.05) is 0 Å². The van der Waals surface area contributed by atoms with Gasteiger partial charge in [-0.25, -0.2) is 4.98 Å². The Labute approximate surface area is 170 Å². The number of benzene rings is 2. The minimum Gasteiger partial charge on any atom is -0.348 e. The molecule has 3 nitrogen and oxygen atoms in total. The topological polar surface area (TPSA) is 41.0 Å². The van der Waals surface area contributed by atoms with Crippen molar-refractivity contribution in [3.63, 3.8) is 0 Å². The molecule has 2 heterocycles. The van der Waals surface area contributed by atoms with Crippen LogP contribution in [0.2, 0.25) is 0 Å². The van der Waals surface area contributed by atoms with E-state index in [4.69, 9.17) is 0 Å². The fourth-order valence-corrected chi connectivity index (χ4v) is 2.10. The van der Waals surface area contributed by atoms with Crippen LogP contribution in [0.4, 0.5) is 0 Å². The van der Waals surface area contributed by atoms with E-state index in [0.29, 0.717) is 11.8 Å². The normalized spacial score (nSPS) is 11.4. The highest BCUT2D eigenvalue weighted by Crippen LogP contribution is 2.15. The van der Waals surface area contributed by atoms with E-state index >= 15 is 0 Å². The van der Waals surface area contributed by atoms with Crippen LogP contribution in [0.15, 0.2) is 102 Å². The summed E-state index contributed by atoms with van der Waals surface area (Å²) in [5, 5.41) is 0. The number of H-pyrrole nitrogens is 1. The average Bonchev–Trinajstić information content (AvgIpc) is 3.46. The minimum atomic E-state index is 0.567. The number of hydrogen-bond acceptors (Lipinski definition) is 2. The highest BCUT2D eigenvalue weighted by Gasteiger charge is 2.03. The largest absolute Gasteiger partial charge is 0.348 e. The summed E-state index contributed by atoms with van der Waals surface area (Å²) in [7, 11) is 0. The molecule has 3 aromatic rings. The SMILES string of the molecule is CC(C)C1=CN=CC1.CC(C)c1cnc[nH]1.c1ccccc1.c1ccccc1. The van der Waals surface area contributed by atoms with Gasteiger partial charge in [0.1, 0.15) is 0 Å². The molecule has 148 valence electrons. The zero-order valence-electron chi connectivity index (χ0n) is 17.5. The van der Waals surface area contributed by atoms with Crippen molar-refractivity contribution in [2.45, 2.75) is 40.0 Å². The molecule has 1 aliphatic heterocycles. The molecule has 0 radical (unpaired) electrons. The molecule has 4 rings (SSSR count). The van der Waals surface area contributed by atoms with Crippen LogP contribution in [-0.2, 0) is 0 Å². The van der Waals surface area contributed by atoms with E-state index in [1.54, 1.807) is 6.33 Å². The fraction of sp³-hybridized carbons (Fsp3) is 0.280. The average molecular weight is 376 g/mol. The number of aromatic nitrogens is 2. The maximum absolute atomic E-state index is 4.00. The Hall–Kier alpha value is -2.94. The van der Waals surface area contributed by atoms with Crippen LogP contribution in [0.1, 0.15) is 45.7 Å². The van der Waals surface area contributed by atoms with Crippen molar-refractivity contribution in [3.05, 3.63) is 103 Å². The van der Waals surface area contributed by atoms with Gasteiger partial charge in [-0.2, -0.15) is 0 Å². The number of nitrogens with one attached hydrogen (secondary N) is 1. The molecule has 2 aromatic carbocycles. The molecule has 0 atom stereocenters. The van der Waals surface area contributed by atoms with Crippen molar-refractivity contribution in [2.24, 2.45) is 10.9 Å². The summed E-state index contributed by atoms with van der Waals surface area (Å²) in [4.78, 5) is 10.9. The second-order valence-corrected chi connectivity index (χ2v) is 6.87. The van der Waals surface area contributed by atoms with Gasteiger partial charge >= 0.3 is 0 Å². The molecule has 0 amide bonds. The molecule has 0 saturated heterocycles. The van der Waals surface area contributed by atoms with Crippen LogP contribution in [0.25, 0.3) is 0 Å². The quantitative estimate of drug-likeness (QED) is 0.519. The van der Waals surface area contributed by atoms with Crippen molar-refractivity contribution in [1.29, 1.82) is 0 Å². The van der Waals surface area contributed by atoms with E-state index in [0.717, 1.165) is 6.42 Å². The van der Waals surface area contributed by atoms with Gasteiger partial charge in [0.05, 0.1) is 6.33 Å². The first kappa shape index (κ1) is 23.1. The Bertz CT molecular complexity index is 658. The summed E-state index contributed by atoms with van der Waals surface area (Å²) in [6.45, 7) is 8.65. The number of hydrogen-bond donors (Lipinski definition) is 1. The van der Waals surface area contributed by atoms with Gasteiger partial charge in [0.15, 0.2) is 0 Å². The molecule has 1 N–H and O–H groups in total. The van der Waals surface area contributed by atoms with Crippen molar-refractivity contribution >= 4 is 6.21 Å². The molecule has 0 unspecified atom stereocenters. The summed E-state index contributed by atoms with van der Waals surface area (Å²) in [5.74, 6) is 1.25. The summed E-state index contributed by atoms with van der Waals surface area (Å²) >= 11 is 0. The van der Waals surface area contributed by atoms with Gasteiger partial charge in [-0.3, -0.25) is 4.99 Å². The second kappa shape index (κ2) is 15.2. The van der Waals surface area contributed by atoms with Crippen molar-refractivity contribution in [1.82, 2.24) is 9.97 Å². The first-order valence-electron chi connectivity index (χ1n) is 9.80. The number of allylic oxidation sites excluding steroid dienone is 1. The molecule has 0 fully saturated rings. The van der Waals surface area contributed by atoms with Gasteiger partial charge in [0.2, 0.25) is 0 Å². The van der Waals surface area contributed by atoms with Crippen molar-refractivity contribution < 1.29 is 0 Å². The van der Waals surface area contributed by atoms with Crippen LogP contribution >= 0.6 is 0 Å². The summed E-state index contributed by atoms with van der Waals surface area (Å²) in [6, 6.07) is 24.0. The first-order valence-corrected chi connectivity index (χ1v) is 9.80. The van der Waals surface area contributed by atoms with Crippen molar-refractivity contribution in [3.8, 4) is 0 Å². The predicted molar refractivity (Wildman–Crippen MR) is 122 cm³/mol. The molecule has 1 aliphatic rings. The molecule has 0 bridgehead atoms. The summed E-state index contributed by atoms with van der Waals surface area (Å²) < 4.78 is 0. The van der Waals surface area contributed by atoms with Crippen LogP contribution in [0.3, 0.4) is 0 Å². The number of imidazole rings is 1. The third-order valence-corrected chi connectivity index (χ3v) is 3.89. The monoisotopic (exact) mass is 375 g/mol. The van der Waals surface area contributed by atoms with Crippen LogP contribution < -0.4 is 0 Å². The lowest BCUT2D eigenvalue weighted by Gasteiger charge is -2.01. The lowest BCUT2D eigenvalue weighted by Crippen LogP contribution is -1.89. The van der Waals surface area contributed by atoms with Crippen LogP contribution in [-0.4, -0.2) is 16.2 Å². The maximum atomic E-state index is 4.00. The van der Waals surface area contributed by atoms with Gasteiger partial charge in [0, 0.05) is 30.7 Å².